The number of methoxy groups -OCH3 is 2. The lowest BCUT2D eigenvalue weighted by molar-refractivity contribution is -0.143. The first-order chi connectivity index (χ1) is 10.9. The molecule has 0 radical (unpaired) electrons. The van der Waals surface area contributed by atoms with Crippen LogP contribution in [0.4, 0.5) is 0 Å². The molecule has 0 spiro atoms. The Kier molecular flexibility index (Phi) is 5.26. The average Bonchev–Trinajstić information content (AvgIpc) is 2.92. The van der Waals surface area contributed by atoms with Crippen LogP contribution in [-0.2, 0) is 4.79 Å². The number of fused-ring (bicyclic) bond motifs is 1. The molecule has 0 aliphatic heterocycles. The molecule has 1 N–H and O–H groups in total. The fraction of sp³-hybridized carbons (Fsp3) is 0.412. The van der Waals surface area contributed by atoms with Crippen LogP contribution >= 0.6 is 11.3 Å². The molecule has 0 saturated carbocycles. The number of carbonyl (C=O) groups excluding carboxylic acids is 1. The fourth-order valence-electron chi connectivity index (χ4n) is 2.41. The van der Waals surface area contributed by atoms with Crippen molar-refractivity contribution in [2.24, 2.45) is 11.8 Å². The third kappa shape index (κ3) is 3.64. The Bertz CT molecular complexity index is 691. The second-order valence-electron chi connectivity index (χ2n) is 5.67. The topological polar surface area (TPSA) is 72.8 Å². The second-order valence-corrected chi connectivity index (χ2v) is 6.76. The van der Waals surface area contributed by atoms with E-state index in [-0.39, 0.29) is 18.1 Å². The van der Waals surface area contributed by atoms with E-state index in [4.69, 9.17) is 9.47 Å². The molecule has 124 valence electrons. The maximum Gasteiger partial charge on any atom is 0.307 e. The van der Waals surface area contributed by atoms with Crippen LogP contribution < -0.4 is 9.47 Å². The van der Waals surface area contributed by atoms with Crippen molar-refractivity contribution < 1.29 is 24.2 Å². The van der Waals surface area contributed by atoms with Gasteiger partial charge in [-0.15, -0.1) is 11.3 Å². The number of Topliss-reactive ketones (excluding diaryl/α,β-unsaturated/α-hetero) is 1. The van der Waals surface area contributed by atoms with E-state index in [1.165, 1.54) is 11.3 Å². The molecule has 0 amide bonds. The highest BCUT2D eigenvalue weighted by atomic mass is 32.1. The molecule has 1 atom stereocenters. The molecule has 6 heteroatoms. The first-order valence-corrected chi connectivity index (χ1v) is 8.10. The molecular formula is C17H20O5S. The molecule has 0 fully saturated rings. The molecule has 1 unspecified atom stereocenters. The van der Waals surface area contributed by atoms with Crippen LogP contribution in [0.3, 0.4) is 0 Å². The SMILES string of the molecule is COc1cc2cc(C(=O)CC(C(=O)O)C(C)C)sc2cc1OC. The summed E-state index contributed by atoms with van der Waals surface area (Å²) >= 11 is 1.34. The maximum atomic E-state index is 12.4. The van der Waals surface area contributed by atoms with Gasteiger partial charge in [-0.3, -0.25) is 9.59 Å². The predicted octanol–water partition coefficient (Wildman–Crippen LogP) is 3.85. The van der Waals surface area contributed by atoms with E-state index in [0.29, 0.717) is 16.4 Å². The number of benzene rings is 1. The van der Waals surface area contributed by atoms with Gasteiger partial charge >= 0.3 is 5.97 Å². The highest BCUT2D eigenvalue weighted by molar-refractivity contribution is 7.20. The number of carboxylic acids is 1. The molecule has 2 aromatic rings. The minimum atomic E-state index is -0.933. The number of ether oxygens (including phenoxy) is 2. The van der Waals surface area contributed by atoms with Crippen molar-refractivity contribution in [3.63, 3.8) is 0 Å². The van der Waals surface area contributed by atoms with Crippen LogP contribution in [0.15, 0.2) is 18.2 Å². The molecule has 0 aliphatic rings. The zero-order valence-electron chi connectivity index (χ0n) is 13.6. The summed E-state index contributed by atoms with van der Waals surface area (Å²) in [6.45, 7) is 3.62. The van der Waals surface area contributed by atoms with Gasteiger partial charge in [-0.25, -0.2) is 0 Å². The summed E-state index contributed by atoms with van der Waals surface area (Å²) in [7, 11) is 3.12. The molecule has 1 aromatic carbocycles. The average molecular weight is 336 g/mol. The second kappa shape index (κ2) is 7.00. The predicted molar refractivity (Wildman–Crippen MR) is 89.8 cm³/mol. The summed E-state index contributed by atoms with van der Waals surface area (Å²) in [5.74, 6) is -0.639. The van der Waals surface area contributed by atoms with Crippen LogP contribution in [0.25, 0.3) is 10.1 Å². The zero-order chi connectivity index (χ0) is 17.1. The lowest BCUT2D eigenvalue weighted by Crippen LogP contribution is -2.22. The van der Waals surface area contributed by atoms with Gasteiger partial charge in [0.2, 0.25) is 0 Å². The molecular weight excluding hydrogens is 316 g/mol. The van der Waals surface area contributed by atoms with Crippen LogP contribution in [-0.4, -0.2) is 31.1 Å². The van der Waals surface area contributed by atoms with Gasteiger partial charge in [0, 0.05) is 17.2 Å². The quantitative estimate of drug-likeness (QED) is 0.778. The van der Waals surface area contributed by atoms with Gasteiger partial charge in [0.05, 0.1) is 25.0 Å². The third-order valence-electron chi connectivity index (χ3n) is 3.82. The first kappa shape index (κ1) is 17.3. The summed E-state index contributed by atoms with van der Waals surface area (Å²) in [4.78, 5) is 24.2. The molecule has 0 bridgehead atoms. The molecule has 0 aliphatic carbocycles. The van der Waals surface area contributed by atoms with Crippen molar-refractivity contribution in [2.45, 2.75) is 20.3 Å². The van der Waals surface area contributed by atoms with Crippen molar-refractivity contribution in [3.8, 4) is 11.5 Å². The highest BCUT2D eigenvalue weighted by Crippen LogP contribution is 2.37. The van der Waals surface area contributed by atoms with Crippen molar-refractivity contribution in [2.75, 3.05) is 14.2 Å². The van der Waals surface area contributed by atoms with Crippen molar-refractivity contribution in [3.05, 3.63) is 23.1 Å². The number of carboxylic acid groups (broad SMARTS) is 1. The molecule has 5 nitrogen and oxygen atoms in total. The third-order valence-corrected chi connectivity index (χ3v) is 4.96. The van der Waals surface area contributed by atoms with Gasteiger partial charge in [0.1, 0.15) is 0 Å². The maximum absolute atomic E-state index is 12.4. The van der Waals surface area contributed by atoms with Gasteiger partial charge in [-0.1, -0.05) is 13.8 Å². The molecule has 1 aromatic heterocycles. The Morgan fingerprint density at radius 2 is 1.74 bits per heavy atom. The number of aliphatic carboxylic acids is 1. The van der Waals surface area contributed by atoms with Crippen molar-refractivity contribution in [1.82, 2.24) is 0 Å². The summed E-state index contributed by atoms with van der Waals surface area (Å²) in [6.07, 6.45) is 0.00803. The van der Waals surface area contributed by atoms with Gasteiger partial charge in [-0.2, -0.15) is 0 Å². The first-order valence-electron chi connectivity index (χ1n) is 7.29. The summed E-state index contributed by atoms with van der Waals surface area (Å²) in [5.41, 5.74) is 0. The van der Waals surface area contributed by atoms with Crippen LogP contribution in [0.5, 0.6) is 11.5 Å². The number of ketones is 1. The number of thiophene rings is 1. The number of carbonyl (C=O) groups is 2. The number of hydrogen-bond donors (Lipinski definition) is 1. The summed E-state index contributed by atoms with van der Waals surface area (Å²) in [5, 5.41) is 10.1. The fourth-order valence-corrected chi connectivity index (χ4v) is 3.43. The largest absolute Gasteiger partial charge is 0.493 e. The van der Waals surface area contributed by atoms with E-state index in [2.05, 4.69) is 0 Å². The minimum Gasteiger partial charge on any atom is -0.493 e. The van der Waals surface area contributed by atoms with Crippen LogP contribution in [0.2, 0.25) is 0 Å². The van der Waals surface area contributed by atoms with E-state index in [9.17, 15) is 14.7 Å². The van der Waals surface area contributed by atoms with E-state index in [1.54, 1.807) is 20.3 Å². The van der Waals surface area contributed by atoms with Gasteiger partial charge < -0.3 is 14.6 Å². The summed E-state index contributed by atoms with van der Waals surface area (Å²) in [6, 6.07) is 5.43. The number of rotatable bonds is 7. The molecule has 0 saturated heterocycles. The zero-order valence-corrected chi connectivity index (χ0v) is 14.4. The lowest BCUT2D eigenvalue weighted by atomic mass is 9.90. The minimum absolute atomic E-state index is 0.00803. The van der Waals surface area contributed by atoms with Gasteiger partial charge in [0.15, 0.2) is 17.3 Å². The van der Waals surface area contributed by atoms with E-state index in [0.717, 1.165) is 10.1 Å². The Balaban J connectivity index is 2.33. The van der Waals surface area contributed by atoms with Gasteiger partial charge in [0.25, 0.3) is 0 Å². The smallest absolute Gasteiger partial charge is 0.307 e. The van der Waals surface area contributed by atoms with E-state index in [1.807, 2.05) is 26.0 Å². The van der Waals surface area contributed by atoms with Crippen LogP contribution in [0.1, 0.15) is 29.9 Å². The van der Waals surface area contributed by atoms with Gasteiger partial charge in [-0.05, 0) is 23.4 Å². The Labute approximate surface area is 138 Å². The summed E-state index contributed by atoms with van der Waals surface area (Å²) < 4.78 is 11.4. The van der Waals surface area contributed by atoms with Crippen molar-refractivity contribution in [1.29, 1.82) is 0 Å². The molecule has 1 heterocycles. The van der Waals surface area contributed by atoms with Crippen LogP contribution in [0, 0.1) is 11.8 Å². The Hall–Kier alpha value is -2.08. The monoisotopic (exact) mass is 336 g/mol. The normalized spacial score (nSPS) is 12.4. The van der Waals surface area contributed by atoms with E-state index >= 15 is 0 Å². The lowest BCUT2D eigenvalue weighted by Gasteiger charge is -2.14. The standard InChI is InChI=1S/C17H20O5S/c1-9(2)11(17(19)20)7-12(18)16-6-10-5-13(21-3)14(22-4)8-15(10)23-16/h5-6,8-9,11H,7H2,1-4H3,(H,19,20). The Morgan fingerprint density at radius 1 is 1.13 bits per heavy atom. The highest BCUT2D eigenvalue weighted by Gasteiger charge is 2.26. The van der Waals surface area contributed by atoms with E-state index < -0.39 is 11.9 Å². The number of hydrogen-bond acceptors (Lipinski definition) is 5. The Morgan fingerprint density at radius 3 is 2.26 bits per heavy atom. The molecule has 2 rings (SSSR count). The molecule has 23 heavy (non-hydrogen) atoms. The van der Waals surface area contributed by atoms with Crippen molar-refractivity contribution >= 4 is 33.2 Å².